The summed E-state index contributed by atoms with van der Waals surface area (Å²) in [6, 6.07) is 10.5. The molecule has 2 rings (SSSR count). The van der Waals surface area contributed by atoms with E-state index in [0.29, 0.717) is 5.96 Å². The lowest BCUT2D eigenvalue weighted by Gasteiger charge is -2.27. The van der Waals surface area contributed by atoms with Crippen molar-refractivity contribution >= 4 is 41.7 Å². The molecule has 1 aromatic rings. The monoisotopic (exact) mass is 420 g/mol. The summed E-state index contributed by atoms with van der Waals surface area (Å²) in [5.41, 5.74) is 7.37. The number of aliphatic imine (C=N–C) groups is 1. The molecule has 0 unspecified atom stereocenters. The van der Waals surface area contributed by atoms with Crippen LogP contribution < -0.4 is 5.73 Å². The van der Waals surface area contributed by atoms with Gasteiger partial charge in [-0.2, -0.15) is 11.8 Å². The molecule has 0 radical (unpaired) electrons. The zero-order valence-electron chi connectivity index (χ0n) is 12.6. The van der Waals surface area contributed by atoms with E-state index in [0.717, 1.165) is 44.2 Å². The van der Waals surface area contributed by atoms with Gasteiger partial charge in [-0.1, -0.05) is 30.3 Å². The number of guanidine groups is 1. The van der Waals surface area contributed by atoms with Gasteiger partial charge in [-0.05, 0) is 12.6 Å². The molecule has 1 aliphatic heterocycles. The molecule has 1 aromatic carbocycles. The average molecular weight is 420 g/mol. The van der Waals surface area contributed by atoms with Crippen molar-refractivity contribution < 1.29 is 0 Å². The van der Waals surface area contributed by atoms with Crippen molar-refractivity contribution in [3.63, 3.8) is 0 Å². The second-order valence-corrected chi connectivity index (χ2v) is 6.29. The van der Waals surface area contributed by atoms with Gasteiger partial charge in [0.15, 0.2) is 5.96 Å². The zero-order valence-corrected chi connectivity index (χ0v) is 15.7. The molecule has 6 heteroatoms. The Labute approximate surface area is 149 Å². The van der Waals surface area contributed by atoms with Crippen LogP contribution >= 0.6 is 35.7 Å². The van der Waals surface area contributed by atoms with Crippen LogP contribution in [0.25, 0.3) is 0 Å². The summed E-state index contributed by atoms with van der Waals surface area (Å²) in [5.74, 6) is 3.02. The first-order valence-corrected chi connectivity index (χ1v) is 8.26. The van der Waals surface area contributed by atoms with Crippen LogP contribution in [-0.2, 0) is 6.54 Å². The summed E-state index contributed by atoms with van der Waals surface area (Å²) in [4.78, 5) is 8.96. The minimum absolute atomic E-state index is 0. The van der Waals surface area contributed by atoms with Crippen molar-refractivity contribution in [2.45, 2.75) is 6.54 Å². The van der Waals surface area contributed by atoms with Crippen molar-refractivity contribution in [2.24, 2.45) is 10.7 Å². The quantitative estimate of drug-likeness (QED) is 0.450. The molecule has 1 fully saturated rings. The topological polar surface area (TPSA) is 44.9 Å². The van der Waals surface area contributed by atoms with Gasteiger partial charge in [0.1, 0.15) is 0 Å². The summed E-state index contributed by atoms with van der Waals surface area (Å²) < 4.78 is 0. The number of thioether (sulfide) groups is 1. The van der Waals surface area contributed by atoms with Crippen LogP contribution in [0.4, 0.5) is 0 Å². The number of likely N-dealkylation sites (N-methyl/N-ethyl adjacent to an activating group) is 1. The third-order valence-electron chi connectivity index (χ3n) is 3.39. The van der Waals surface area contributed by atoms with Crippen molar-refractivity contribution in [2.75, 3.05) is 44.7 Å². The van der Waals surface area contributed by atoms with Crippen LogP contribution in [0.15, 0.2) is 35.3 Å². The first kappa shape index (κ1) is 18.6. The van der Waals surface area contributed by atoms with Crippen molar-refractivity contribution in [1.82, 2.24) is 9.80 Å². The van der Waals surface area contributed by atoms with Crippen molar-refractivity contribution in [3.8, 4) is 0 Å². The smallest absolute Gasteiger partial charge is 0.191 e. The van der Waals surface area contributed by atoms with Gasteiger partial charge < -0.3 is 15.5 Å². The summed E-state index contributed by atoms with van der Waals surface area (Å²) in [5, 5.41) is 0. The Bertz CT molecular complexity index is 421. The Morgan fingerprint density at radius 2 is 1.95 bits per heavy atom. The van der Waals surface area contributed by atoms with E-state index in [4.69, 9.17) is 5.73 Å². The highest BCUT2D eigenvalue weighted by Crippen LogP contribution is 2.08. The summed E-state index contributed by atoms with van der Waals surface area (Å²) in [6.07, 6.45) is 0. The van der Waals surface area contributed by atoms with Gasteiger partial charge in [-0.25, -0.2) is 0 Å². The molecule has 0 amide bonds. The second kappa shape index (κ2) is 10.3. The Morgan fingerprint density at radius 1 is 1.29 bits per heavy atom. The van der Waals surface area contributed by atoms with E-state index < -0.39 is 0 Å². The Kier molecular flexibility index (Phi) is 9.10. The molecule has 0 atom stereocenters. The maximum atomic E-state index is 6.04. The first-order valence-electron chi connectivity index (χ1n) is 7.11. The van der Waals surface area contributed by atoms with Crippen LogP contribution in [0.5, 0.6) is 0 Å². The van der Waals surface area contributed by atoms with E-state index >= 15 is 0 Å². The van der Waals surface area contributed by atoms with Gasteiger partial charge in [0.2, 0.25) is 0 Å². The lowest BCUT2D eigenvalue weighted by Crippen LogP contribution is -2.43. The largest absolute Gasteiger partial charge is 0.370 e. The summed E-state index contributed by atoms with van der Waals surface area (Å²) in [6.45, 7) is 4.70. The van der Waals surface area contributed by atoms with Gasteiger partial charge >= 0.3 is 0 Å². The van der Waals surface area contributed by atoms with E-state index in [1.807, 2.05) is 17.8 Å². The van der Waals surface area contributed by atoms with Gasteiger partial charge in [0.25, 0.3) is 0 Å². The lowest BCUT2D eigenvalue weighted by atomic mass is 10.2. The van der Waals surface area contributed by atoms with Crippen LogP contribution in [0, 0.1) is 0 Å². The molecule has 0 saturated carbocycles. The molecule has 1 saturated heterocycles. The van der Waals surface area contributed by atoms with E-state index in [-0.39, 0.29) is 24.0 Å². The second-order valence-electron chi connectivity index (χ2n) is 5.06. The molecular formula is C15H25IN4S. The average Bonchev–Trinajstić information content (AvgIpc) is 2.49. The predicted octanol–water partition coefficient (Wildman–Crippen LogP) is 2.10. The Balaban J connectivity index is 0.00000220. The molecule has 1 aliphatic rings. The summed E-state index contributed by atoms with van der Waals surface area (Å²) in [7, 11) is 2.12. The normalized spacial score (nSPS) is 15.9. The van der Waals surface area contributed by atoms with Crippen molar-refractivity contribution in [3.05, 3.63) is 35.9 Å². The number of rotatable bonds is 5. The van der Waals surface area contributed by atoms with E-state index in [1.165, 1.54) is 5.56 Å². The molecule has 2 N–H and O–H groups in total. The van der Waals surface area contributed by atoms with Crippen LogP contribution in [-0.4, -0.2) is 60.5 Å². The molecule has 0 bridgehead atoms. The SMILES string of the molecule is CN(CCN=C(N)N1CCSCC1)Cc1ccccc1.I. The number of benzene rings is 1. The molecule has 0 aromatic heterocycles. The number of hydrogen-bond acceptors (Lipinski definition) is 3. The number of hydrogen-bond donors (Lipinski definition) is 1. The Hall–Kier alpha value is -0.470. The van der Waals surface area contributed by atoms with E-state index in [2.05, 4.69) is 46.1 Å². The third kappa shape index (κ3) is 6.88. The van der Waals surface area contributed by atoms with Gasteiger partial charge in [-0.15, -0.1) is 24.0 Å². The fraction of sp³-hybridized carbons (Fsp3) is 0.533. The predicted molar refractivity (Wildman–Crippen MR) is 104 cm³/mol. The molecular weight excluding hydrogens is 395 g/mol. The fourth-order valence-corrected chi connectivity index (χ4v) is 3.10. The summed E-state index contributed by atoms with van der Waals surface area (Å²) >= 11 is 1.99. The molecule has 21 heavy (non-hydrogen) atoms. The highest BCUT2D eigenvalue weighted by atomic mass is 127. The van der Waals surface area contributed by atoms with Crippen LogP contribution in [0.3, 0.4) is 0 Å². The minimum atomic E-state index is 0. The minimum Gasteiger partial charge on any atom is -0.370 e. The molecule has 118 valence electrons. The molecule has 1 heterocycles. The maximum absolute atomic E-state index is 6.04. The highest BCUT2D eigenvalue weighted by molar-refractivity contribution is 14.0. The van der Waals surface area contributed by atoms with Gasteiger partial charge in [-0.3, -0.25) is 4.99 Å². The van der Waals surface area contributed by atoms with Gasteiger partial charge in [0, 0.05) is 37.7 Å². The van der Waals surface area contributed by atoms with Crippen LogP contribution in [0.1, 0.15) is 5.56 Å². The van der Waals surface area contributed by atoms with E-state index in [9.17, 15) is 0 Å². The third-order valence-corrected chi connectivity index (χ3v) is 4.33. The maximum Gasteiger partial charge on any atom is 0.191 e. The molecule has 4 nitrogen and oxygen atoms in total. The lowest BCUT2D eigenvalue weighted by molar-refractivity contribution is 0.335. The molecule has 0 spiro atoms. The number of nitrogens with zero attached hydrogens (tertiary/aromatic N) is 3. The number of halogens is 1. The highest BCUT2D eigenvalue weighted by Gasteiger charge is 2.11. The molecule has 0 aliphatic carbocycles. The zero-order chi connectivity index (χ0) is 14.2. The first-order chi connectivity index (χ1) is 9.75. The Morgan fingerprint density at radius 3 is 2.62 bits per heavy atom. The fourth-order valence-electron chi connectivity index (χ4n) is 2.20. The van der Waals surface area contributed by atoms with Gasteiger partial charge in [0.05, 0.1) is 6.54 Å². The van der Waals surface area contributed by atoms with Crippen molar-refractivity contribution in [1.29, 1.82) is 0 Å². The standard InChI is InChI=1S/C15H24N4S.HI/c1-18(13-14-5-3-2-4-6-14)8-7-17-15(16)19-9-11-20-12-10-19;/h2-6H,7-13H2,1H3,(H2,16,17);1H. The van der Waals surface area contributed by atoms with Crippen LogP contribution in [0.2, 0.25) is 0 Å². The van der Waals surface area contributed by atoms with E-state index in [1.54, 1.807) is 0 Å². The number of nitrogens with two attached hydrogens (primary N) is 1.